The lowest BCUT2D eigenvalue weighted by molar-refractivity contribution is -0.128. The minimum Gasteiger partial charge on any atom is -0.367 e. The number of pyridine rings is 2. The summed E-state index contributed by atoms with van der Waals surface area (Å²) in [5, 5.41) is 3.78. The molecule has 3 aliphatic heterocycles. The number of nitrogens with one attached hydrogen (secondary N) is 1. The van der Waals surface area contributed by atoms with Crippen LogP contribution in [0.4, 0.5) is 20.3 Å². The maximum absolute atomic E-state index is 16.5. The van der Waals surface area contributed by atoms with Crippen molar-refractivity contribution in [2.24, 2.45) is 0 Å². The van der Waals surface area contributed by atoms with Crippen LogP contribution in [-0.4, -0.2) is 81.2 Å². The average Bonchev–Trinajstić information content (AvgIpc) is 3.10. The SMILES string of the molecule is C=CC(=O)N1C[C@H](C)N(c2nc(=O)n3c4nc(c(F)cc24)-c2c(F)cccc2CCCN(C2CCNCC2)c2ccnc(C(C)C)c2-3)C[C@H]1C. The van der Waals surface area contributed by atoms with Crippen molar-refractivity contribution in [1.82, 2.24) is 29.7 Å². The fourth-order valence-corrected chi connectivity index (χ4v) is 7.99. The molecule has 0 radical (unpaired) electrons. The van der Waals surface area contributed by atoms with Gasteiger partial charge in [0.15, 0.2) is 5.65 Å². The van der Waals surface area contributed by atoms with Gasteiger partial charge in [-0.3, -0.25) is 9.78 Å². The lowest BCUT2D eigenvalue weighted by atomic mass is 9.96. The highest BCUT2D eigenvalue weighted by atomic mass is 19.1. The Morgan fingerprint density at radius 2 is 1.82 bits per heavy atom. The number of hydrogen-bond donors (Lipinski definition) is 1. The number of amides is 1. The average molecular weight is 683 g/mol. The Labute approximate surface area is 290 Å². The molecule has 12 heteroatoms. The smallest absolute Gasteiger partial charge is 0.355 e. The van der Waals surface area contributed by atoms with Crippen LogP contribution in [0.1, 0.15) is 64.1 Å². The number of anilines is 2. The maximum atomic E-state index is 16.5. The van der Waals surface area contributed by atoms with Gasteiger partial charge in [-0.2, -0.15) is 4.98 Å². The van der Waals surface area contributed by atoms with Crippen LogP contribution in [-0.2, 0) is 11.2 Å². The van der Waals surface area contributed by atoms with Gasteiger partial charge >= 0.3 is 5.69 Å². The van der Waals surface area contributed by atoms with Crippen molar-refractivity contribution < 1.29 is 13.6 Å². The first-order chi connectivity index (χ1) is 24.1. The van der Waals surface area contributed by atoms with Gasteiger partial charge in [0, 0.05) is 49.5 Å². The number of carbonyl (C=O) groups is 1. The van der Waals surface area contributed by atoms with Gasteiger partial charge in [-0.15, -0.1) is 0 Å². The molecule has 1 amide bonds. The van der Waals surface area contributed by atoms with Crippen molar-refractivity contribution in [2.75, 3.05) is 42.5 Å². The van der Waals surface area contributed by atoms with E-state index in [-0.39, 0.29) is 52.7 Å². The number of carbonyl (C=O) groups excluding carboxylic acids is 1. The van der Waals surface area contributed by atoms with Crippen LogP contribution in [0.15, 0.2) is 54.0 Å². The van der Waals surface area contributed by atoms with Gasteiger partial charge in [0.05, 0.1) is 22.5 Å². The van der Waals surface area contributed by atoms with E-state index >= 15 is 8.78 Å². The highest BCUT2D eigenvalue weighted by Crippen LogP contribution is 2.39. The van der Waals surface area contributed by atoms with Gasteiger partial charge in [-0.05, 0) is 88.4 Å². The number of benzene rings is 1. The zero-order valence-electron chi connectivity index (χ0n) is 29.1. The number of halogens is 2. The van der Waals surface area contributed by atoms with Gasteiger partial charge in [-0.25, -0.2) is 23.1 Å². The van der Waals surface area contributed by atoms with Crippen molar-refractivity contribution in [3.05, 3.63) is 82.6 Å². The highest BCUT2D eigenvalue weighted by Gasteiger charge is 2.35. The minimum atomic E-state index is -0.706. The third-order valence-electron chi connectivity index (χ3n) is 10.5. The molecule has 0 spiro atoms. The van der Waals surface area contributed by atoms with Crippen molar-refractivity contribution in [2.45, 2.75) is 77.4 Å². The largest absolute Gasteiger partial charge is 0.367 e. The number of piperidine rings is 1. The Kier molecular flexibility index (Phi) is 9.15. The molecule has 1 N–H and O–H groups in total. The Morgan fingerprint density at radius 3 is 2.56 bits per heavy atom. The summed E-state index contributed by atoms with van der Waals surface area (Å²) in [4.78, 5) is 47.7. The second kappa shape index (κ2) is 13.5. The van der Waals surface area contributed by atoms with E-state index in [0.717, 1.165) is 31.6 Å². The zero-order chi connectivity index (χ0) is 35.3. The summed E-state index contributed by atoms with van der Waals surface area (Å²) in [6.45, 7) is 14.7. The van der Waals surface area contributed by atoms with Crippen LogP contribution in [0.5, 0.6) is 0 Å². The molecule has 2 atom stereocenters. The number of hydrogen-bond acceptors (Lipinski definition) is 8. The molecule has 10 nitrogen and oxygen atoms in total. The number of fused-ring (bicyclic) bond motifs is 5. The lowest BCUT2D eigenvalue weighted by Crippen LogP contribution is -2.58. The molecule has 2 bridgehead atoms. The van der Waals surface area contributed by atoms with Crippen LogP contribution < -0.4 is 20.8 Å². The molecule has 0 unspecified atom stereocenters. The zero-order valence-corrected chi connectivity index (χ0v) is 29.1. The number of piperazine rings is 1. The van der Waals surface area contributed by atoms with Gasteiger partial charge < -0.3 is 20.0 Å². The van der Waals surface area contributed by atoms with Gasteiger partial charge in [0.2, 0.25) is 5.91 Å². The Hall–Kier alpha value is -4.71. The summed E-state index contributed by atoms with van der Waals surface area (Å²) in [6, 6.07) is 7.80. The standard InChI is InChI=1S/C38H44F2N8O2/c1-6-31(49)46-20-24(5)47(21-23(46)4)36-27-19-29(40)34-32-25(9-7-11-28(32)39)10-8-18-45(26-12-15-41-16-13-26)30-14-17-42-33(22(2)3)35(30)48(37(27)43-34)38(50)44-36/h6-7,9,11,14,17,19,22-24,26,41H,1,8,10,12-13,15-16,18,20-21H2,2-5H3/t23-,24+/m1/s1. The first-order valence-corrected chi connectivity index (χ1v) is 17.7. The van der Waals surface area contributed by atoms with Gasteiger partial charge in [0.1, 0.15) is 23.1 Å². The normalized spacial score (nSPS) is 20.0. The van der Waals surface area contributed by atoms with Crippen LogP contribution in [0.2, 0.25) is 0 Å². The van der Waals surface area contributed by atoms with Crippen molar-refractivity contribution in [3.8, 4) is 16.9 Å². The Bertz CT molecular complexity index is 2020. The van der Waals surface area contributed by atoms with E-state index in [4.69, 9.17) is 9.97 Å². The van der Waals surface area contributed by atoms with E-state index < -0.39 is 17.3 Å². The summed E-state index contributed by atoms with van der Waals surface area (Å²) in [7, 11) is 0. The molecule has 50 heavy (non-hydrogen) atoms. The van der Waals surface area contributed by atoms with E-state index in [1.54, 1.807) is 17.2 Å². The molecule has 2 fully saturated rings. The van der Waals surface area contributed by atoms with Crippen LogP contribution in [0, 0.1) is 11.6 Å². The molecular weight excluding hydrogens is 638 g/mol. The maximum Gasteiger partial charge on any atom is 0.355 e. The van der Waals surface area contributed by atoms with E-state index in [9.17, 15) is 9.59 Å². The Balaban J connectivity index is 1.55. The number of aryl methyl sites for hydroxylation is 1. The van der Waals surface area contributed by atoms with Crippen LogP contribution in [0.25, 0.3) is 28.0 Å². The summed E-state index contributed by atoms with van der Waals surface area (Å²) < 4.78 is 33.8. The molecule has 7 rings (SSSR count). The van der Waals surface area contributed by atoms with E-state index in [0.29, 0.717) is 54.8 Å². The third-order valence-corrected chi connectivity index (χ3v) is 10.5. The van der Waals surface area contributed by atoms with Crippen LogP contribution >= 0.6 is 0 Å². The second-order valence-corrected chi connectivity index (χ2v) is 14.1. The number of aromatic nitrogens is 4. The molecule has 6 heterocycles. The summed E-state index contributed by atoms with van der Waals surface area (Å²) in [6.07, 6.45) is 6.12. The lowest BCUT2D eigenvalue weighted by Gasteiger charge is -2.44. The third kappa shape index (κ3) is 5.82. The van der Waals surface area contributed by atoms with Crippen molar-refractivity contribution in [3.63, 3.8) is 0 Å². The van der Waals surface area contributed by atoms with E-state index in [2.05, 4.69) is 21.8 Å². The predicted molar refractivity (Wildman–Crippen MR) is 192 cm³/mol. The number of nitrogens with zero attached hydrogens (tertiary/aromatic N) is 7. The molecule has 2 saturated heterocycles. The van der Waals surface area contributed by atoms with Gasteiger partial charge in [0.25, 0.3) is 0 Å². The fraction of sp³-hybridized carbons (Fsp3) is 0.447. The summed E-state index contributed by atoms with van der Waals surface area (Å²) in [5.41, 5.74) is 2.31. The first kappa shape index (κ1) is 33.8. The highest BCUT2D eigenvalue weighted by molar-refractivity contribution is 5.92. The topological polar surface area (TPSA) is 99.5 Å². The first-order valence-electron chi connectivity index (χ1n) is 17.7. The molecule has 3 aromatic heterocycles. The molecule has 262 valence electrons. The molecule has 0 aliphatic carbocycles. The summed E-state index contributed by atoms with van der Waals surface area (Å²) in [5.74, 6) is -1.26. The summed E-state index contributed by atoms with van der Waals surface area (Å²) >= 11 is 0. The second-order valence-electron chi connectivity index (χ2n) is 14.1. The molecule has 0 saturated carbocycles. The predicted octanol–water partition coefficient (Wildman–Crippen LogP) is 5.36. The van der Waals surface area contributed by atoms with Crippen molar-refractivity contribution >= 4 is 28.4 Å². The number of rotatable bonds is 4. The monoisotopic (exact) mass is 682 g/mol. The fourth-order valence-electron chi connectivity index (χ4n) is 7.99. The van der Waals surface area contributed by atoms with Crippen LogP contribution in [0.3, 0.4) is 0 Å². The molecule has 3 aliphatic rings. The van der Waals surface area contributed by atoms with E-state index in [1.165, 1.54) is 22.8 Å². The Morgan fingerprint density at radius 1 is 1.04 bits per heavy atom. The minimum absolute atomic E-state index is 0.0798. The van der Waals surface area contributed by atoms with Gasteiger partial charge in [-0.1, -0.05) is 32.6 Å². The molecule has 4 aromatic rings. The van der Waals surface area contributed by atoms with Crippen molar-refractivity contribution in [1.29, 1.82) is 0 Å². The quantitative estimate of drug-likeness (QED) is 0.288. The van der Waals surface area contributed by atoms with E-state index in [1.807, 2.05) is 44.7 Å². The molecular formula is C38H44F2N8O2. The molecule has 1 aromatic carbocycles.